The maximum atomic E-state index is 12.2. The zero-order valence-electron chi connectivity index (χ0n) is 16.4. The minimum absolute atomic E-state index is 0.0470. The number of carbonyl (C=O) groups is 1. The van der Waals surface area contributed by atoms with Gasteiger partial charge in [-0.1, -0.05) is 0 Å². The fraction of sp³-hybridized carbons (Fsp3) is 0.632. The summed E-state index contributed by atoms with van der Waals surface area (Å²) < 4.78 is 5.18. The van der Waals surface area contributed by atoms with Crippen LogP contribution in [0.1, 0.15) is 62.7 Å². The molecule has 0 saturated carbocycles. The van der Waals surface area contributed by atoms with Crippen molar-refractivity contribution in [1.82, 2.24) is 15.3 Å². The van der Waals surface area contributed by atoms with Crippen molar-refractivity contribution in [2.75, 3.05) is 11.9 Å². The standard InChI is InChI=1S/C19H28N4O2S/c1-7-25-17(24)14-11(2)13-15(20-10-21-16(13)26-14)22-12-8-18(3,4)23-19(5,6)9-12/h10,12,23H,7-9H2,1-6H3,(H,20,21,22). The second-order valence-corrected chi connectivity index (χ2v) is 9.32. The Balaban J connectivity index is 1.94. The first kappa shape index (κ1) is 19.0. The van der Waals surface area contributed by atoms with Gasteiger partial charge in [-0.05, 0) is 59.9 Å². The number of hydrogen-bond donors (Lipinski definition) is 2. The molecule has 0 amide bonds. The summed E-state index contributed by atoms with van der Waals surface area (Å²) in [6.45, 7) is 13.0. The SMILES string of the molecule is CCOC(=O)c1sc2ncnc(NC3CC(C)(C)NC(C)(C)C3)c2c1C. The maximum absolute atomic E-state index is 12.2. The number of thiophene rings is 1. The Hall–Kier alpha value is -1.73. The molecule has 0 unspecified atom stereocenters. The molecule has 1 aliphatic heterocycles. The van der Waals surface area contributed by atoms with Gasteiger partial charge in [-0.25, -0.2) is 14.8 Å². The van der Waals surface area contributed by atoms with Crippen LogP contribution in [-0.4, -0.2) is 39.7 Å². The molecule has 2 aromatic heterocycles. The number of nitrogens with zero attached hydrogens (tertiary/aromatic N) is 2. The maximum Gasteiger partial charge on any atom is 0.348 e. The van der Waals surface area contributed by atoms with E-state index in [2.05, 4.69) is 48.3 Å². The highest BCUT2D eigenvalue weighted by Crippen LogP contribution is 2.36. The van der Waals surface area contributed by atoms with E-state index in [0.717, 1.165) is 34.4 Å². The molecular weight excluding hydrogens is 348 g/mol. The number of aryl methyl sites for hydroxylation is 1. The summed E-state index contributed by atoms with van der Waals surface area (Å²) in [5.41, 5.74) is 0.982. The smallest absolute Gasteiger partial charge is 0.348 e. The Kier molecular flexibility index (Phi) is 4.96. The third kappa shape index (κ3) is 3.83. The Morgan fingerprint density at radius 2 is 1.96 bits per heavy atom. The highest BCUT2D eigenvalue weighted by atomic mass is 32.1. The van der Waals surface area contributed by atoms with E-state index in [1.807, 2.05) is 13.8 Å². The molecule has 3 rings (SSSR count). The number of esters is 1. The van der Waals surface area contributed by atoms with Gasteiger partial charge in [0, 0.05) is 17.1 Å². The molecule has 1 saturated heterocycles. The van der Waals surface area contributed by atoms with Crippen molar-refractivity contribution < 1.29 is 9.53 Å². The van der Waals surface area contributed by atoms with Crippen LogP contribution in [0.2, 0.25) is 0 Å². The number of anilines is 1. The Morgan fingerprint density at radius 3 is 2.58 bits per heavy atom. The molecule has 2 aromatic rings. The highest BCUT2D eigenvalue weighted by molar-refractivity contribution is 7.20. The number of aromatic nitrogens is 2. The van der Waals surface area contributed by atoms with Crippen molar-refractivity contribution >= 4 is 33.3 Å². The molecular formula is C19H28N4O2S. The normalized spacial score (nSPS) is 19.5. The van der Waals surface area contributed by atoms with E-state index in [1.165, 1.54) is 11.3 Å². The predicted octanol–water partition coefficient (Wildman–Crippen LogP) is 3.90. The third-order valence-electron chi connectivity index (χ3n) is 4.72. The molecule has 0 aromatic carbocycles. The number of piperidine rings is 1. The summed E-state index contributed by atoms with van der Waals surface area (Å²) in [4.78, 5) is 22.5. The zero-order valence-corrected chi connectivity index (χ0v) is 17.2. The van der Waals surface area contributed by atoms with Crippen LogP contribution >= 0.6 is 11.3 Å². The number of nitrogens with one attached hydrogen (secondary N) is 2. The average Bonchev–Trinajstić information content (AvgIpc) is 2.82. The van der Waals surface area contributed by atoms with Crippen LogP contribution < -0.4 is 10.6 Å². The average molecular weight is 377 g/mol. The van der Waals surface area contributed by atoms with Gasteiger partial charge in [-0.2, -0.15) is 0 Å². The van der Waals surface area contributed by atoms with Crippen molar-refractivity contribution in [2.24, 2.45) is 0 Å². The van der Waals surface area contributed by atoms with E-state index in [1.54, 1.807) is 6.33 Å². The summed E-state index contributed by atoms with van der Waals surface area (Å²) in [6, 6.07) is 0.296. The Morgan fingerprint density at radius 1 is 1.31 bits per heavy atom. The van der Waals surface area contributed by atoms with E-state index >= 15 is 0 Å². The first-order chi connectivity index (χ1) is 12.1. The molecule has 0 radical (unpaired) electrons. The lowest BCUT2D eigenvalue weighted by molar-refractivity contribution is 0.0531. The van der Waals surface area contributed by atoms with Gasteiger partial charge in [0.25, 0.3) is 0 Å². The predicted molar refractivity (Wildman–Crippen MR) is 106 cm³/mol. The number of carbonyl (C=O) groups excluding carboxylic acids is 1. The van der Waals surface area contributed by atoms with Gasteiger partial charge in [0.05, 0.1) is 12.0 Å². The summed E-state index contributed by atoms with van der Waals surface area (Å²) >= 11 is 1.37. The van der Waals surface area contributed by atoms with Gasteiger partial charge in [0.15, 0.2) is 0 Å². The van der Waals surface area contributed by atoms with E-state index in [0.29, 0.717) is 17.5 Å². The largest absolute Gasteiger partial charge is 0.462 e. The number of rotatable bonds is 4. The molecule has 1 fully saturated rings. The van der Waals surface area contributed by atoms with Crippen molar-refractivity contribution in [3.05, 3.63) is 16.8 Å². The van der Waals surface area contributed by atoms with Gasteiger partial charge in [-0.15, -0.1) is 11.3 Å². The minimum Gasteiger partial charge on any atom is -0.462 e. The molecule has 7 heteroatoms. The first-order valence-corrected chi connectivity index (χ1v) is 9.90. The molecule has 0 bridgehead atoms. The van der Waals surface area contributed by atoms with Crippen molar-refractivity contribution in [2.45, 2.75) is 71.5 Å². The van der Waals surface area contributed by atoms with Crippen LogP contribution in [0, 0.1) is 6.92 Å². The number of ether oxygens (including phenoxy) is 1. The van der Waals surface area contributed by atoms with Gasteiger partial charge < -0.3 is 15.4 Å². The second-order valence-electron chi connectivity index (χ2n) is 8.32. The molecule has 142 valence electrons. The van der Waals surface area contributed by atoms with Crippen molar-refractivity contribution in [1.29, 1.82) is 0 Å². The molecule has 6 nitrogen and oxygen atoms in total. The van der Waals surface area contributed by atoms with Crippen molar-refractivity contribution in [3.8, 4) is 0 Å². The fourth-order valence-corrected chi connectivity index (χ4v) is 5.23. The summed E-state index contributed by atoms with van der Waals surface area (Å²) in [6.07, 6.45) is 3.55. The topological polar surface area (TPSA) is 76.1 Å². The van der Waals surface area contributed by atoms with Gasteiger partial charge in [0.2, 0.25) is 0 Å². The van der Waals surface area contributed by atoms with Crippen LogP contribution in [0.25, 0.3) is 10.2 Å². The molecule has 3 heterocycles. The quantitative estimate of drug-likeness (QED) is 0.788. The Labute approximate surface area is 158 Å². The van der Waals surface area contributed by atoms with Crippen LogP contribution in [0.4, 0.5) is 5.82 Å². The lowest BCUT2D eigenvalue weighted by atomic mass is 9.79. The fourth-order valence-electron chi connectivity index (χ4n) is 4.19. The van der Waals surface area contributed by atoms with E-state index < -0.39 is 0 Å². The van der Waals surface area contributed by atoms with Crippen LogP contribution in [0.15, 0.2) is 6.33 Å². The lowest BCUT2D eigenvalue weighted by Gasteiger charge is -2.46. The molecule has 2 N–H and O–H groups in total. The highest BCUT2D eigenvalue weighted by Gasteiger charge is 2.38. The summed E-state index contributed by atoms with van der Waals surface area (Å²) in [5.74, 6) is 0.515. The number of fused-ring (bicyclic) bond motifs is 1. The van der Waals surface area contributed by atoms with Gasteiger partial charge in [-0.3, -0.25) is 0 Å². The third-order valence-corrected chi connectivity index (χ3v) is 5.90. The van der Waals surface area contributed by atoms with E-state index in [9.17, 15) is 4.79 Å². The van der Waals surface area contributed by atoms with Gasteiger partial charge in [0.1, 0.15) is 21.9 Å². The van der Waals surface area contributed by atoms with Crippen LogP contribution in [0.5, 0.6) is 0 Å². The molecule has 0 aliphatic carbocycles. The monoisotopic (exact) mass is 376 g/mol. The van der Waals surface area contributed by atoms with Crippen LogP contribution in [0.3, 0.4) is 0 Å². The Bertz CT molecular complexity index is 812. The minimum atomic E-state index is -0.289. The van der Waals surface area contributed by atoms with Gasteiger partial charge >= 0.3 is 5.97 Å². The molecule has 26 heavy (non-hydrogen) atoms. The molecule has 0 spiro atoms. The molecule has 0 atom stereocenters. The lowest BCUT2D eigenvalue weighted by Crippen LogP contribution is -2.60. The summed E-state index contributed by atoms with van der Waals surface area (Å²) in [5, 5.41) is 8.25. The zero-order chi connectivity index (χ0) is 19.1. The second kappa shape index (κ2) is 6.78. The van der Waals surface area contributed by atoms with Crippen molar-refractivity contribution in [3.63, 3.8) is 0 Å². The van der Waals surface area contributed by atoms with E-state index in [-0.39, 0.29) is 17.0 Å². The summed E-state index contributed by atoms with van der Waals surface area (Å²) in [7, 11) is 0. The van der Waals surface area contributed by atoms with Crippen LogP contribution in [-0.2, 0) is 4.74 Å². The van der Waals surface area contributed by atoms with E-state index in [4.69, 9.17) is 4.74 Å². The first-order valence-electron chi connectivity index (χ1n) is 9.09. The molecule has 1 aliphatic rings. The number of hydrogen-bond acceptors (Lipinski definition) is 7.